The second kappa shape index (κ2) is 10.8. The highest BCUT2D eigenvalue weighted by molar-refractivity contribution is 5.68. The van der Waals surface area contributed by atoms with Crippen molar-refractivity contribution in [3.05, 3.63) is 0 Å². The van der Waals surface area contributed by atoms with Crippen LogP contribution in [0.15, 0.2) is 4.99 Å². The first-order chi connectivity index (χ1) is 10.2. The number of aliphatic hydroxyl groups is 1. The Morgan fingerprint density at radius 3 is 2.62 bits per heavy atom. The molecule has 1 aliphatic rings. The molecule has 1 saturated carbocycles. The molecule has 1 N–H and O–H groups in total. The Morgan fingerprint density at radius 2 is 1.90 bits per heavy atom. The molecular weight excluding hydrogens is 266 g/mol. The highest BCUT2D eigenvalue weighted by Crippen LogP contribution is 2.30. The first kappa shape index (κ1) is 18.1. The van der Waals surface area contributed by atoms with Crippen LogP contribution in [0.3, 0.4) is 0 Å². The SMILES string of the molecule is COC(=O)CCCCCCC=NCCC1(O)CCCCC1. The summed E-state index contributed by atoms with van der Waals surface area (Å²) in [6, 6.07) is 0. The van der Waals surface area contributed by atoms with Gasteiger partial charge in [-0.15, -0.1) is 0 Å². The summed E-state index contributed by atoms with van der Waals surface area (Å²) < 4.78 is 4.60. The molecule has 0 unspecified atom stereocenters. The van der Waals surface area contributed by atoms with Crippen molar-refractivity contribution in [2.24, 2.45) is 4.99 Å². The van der Waals surface area contributed by atoms with Gasteiger partial charge < -0.3 is 9.84 Å². The molecule has 0 amide bonds. The summed E-state index contributed by atoms with van der Waals surface area (Å²) in [6.45, 7) is 0.749. The molecule has 0 atom stereocenters. The lowest BCUT2D eigenvalue weighted by Crippen LogP contribution is -2.32. The van der Waals surface area contributed by atoms with Gasteiger partial charge in [0.05, 0.1) is 12.7 Å². The maximum Gasteiger partial charge on any atom is 0.305 e. The Hall–Kier alpha value is -0.900. The molecule has 4 heteroatoms. The number of carbonyl (C=O) groups is 1. The Kier molecular flexibility index (Phi) is 9.31. The zero-order chi connectivity index (χ0) is 15.4. The van der Waals surface area contributed by atoms with E-state index in [4.69, 9.17) is 0 Å². The monoisotopic (exact) mass is 297 g/mol. The lowest BCUT2D eigenvalue weighted by atomic mass is 9.82. The zero-order valence-electron chi connectivity index (χ0n) is 13.5. The topological polar surface area (TPSA) is 58.9 Å². The van der Waals surface area contributed by atoms with E-state index in [-0.39, 0.29) is 5.97 Å². The predicted octanol–water partition coefficient (Wildman–Crippen LogP) is 3.66. The number of hydrogen-bond acceptors (Lipinski definition) is 4. The van der Waals surface area contributed by atoms with Gasteiger partial charge in [0, 0.05) is 13.0 Å². The van der Waals surface area contributed by atoms with E-state index in [9.17, 15) is 9.90 Å². The molecule has 1 rings (SSSR count). The third-order valence-electron chi connectivity index (χ3n) is 4.31. The van der Waals surface area contributed by atoms with E-state index in [1.165, 1.54) is 13.5 Å². The Morgan fingerprint density at radius 1 is 1.19 bits per heavy atom. The summed E-state index contributed by atoms with van der Waals surface area (Å²) in [5, 5.41) is 10.3. The van der Waals surface area contributed by atoms with Crippen LogP contribution in [0, 0.1) is 0 Å². The normalized spacial score (nSPS) is 18.0. The maximum atomic E-state index is 10.9. The highest BCUT2D eigenvalue weighted by Gasteiger charge is 2.28. The summed E-state index contributed by atoms with van der Waals surface area (Å²) in [4.78, 5) is 15.3. The molecule has 0 spiro atoms. The molecule has 0 bridgehead atoms. The molecule has 4 nitrogen and oxygen atoms in total. The lowest BCUT2D eigenvalue weighted by molar-refractivity contribution is -0.140. The molecule has 1 aliphatic carbocycles. The van der Waals surface area contributed by atoms with Crippen LogP contribution in [0.25, 0.3) is 0 Å². The number of ether oxygens (including phenoxy) is 1. The van der Waals surface area contributed by atoms with Gasteiger partial charge in [0.15, 0.2) is 0 Å². The average Bonchev–Trinajstić information content (AvgIpc) is 2.49. The van der Waals surface area contributed by atoms with E-state index in [1.54, 1.807) is 0 Å². The van der Waals surface area contributed by atoms with Gasteiger partial charge in [-0.05, 0) is 44.7 Å². The number of nitrogens with zero attached hydrogens (tertiary/aromatic N) is 1. The van der Waals surface area contributed by atoms with Crippen molar-refractivity contribution in [2.45, 2.75) is 82.7 Å². The average molecular weight is 297 g/mol. The predicted molar refractivity (Wildman–Crippen MR) is 85.7 cm³/mol. The van der Waals surface area contributed by atoms with Gasteiger partial charge in [0.1, 0.15) is 0 Å². The smallest absolute Gasteiger partial charge is 0.305 e. The summed E-state index contributed by atoms with van der Waals surface area (Å²) in [5.41, 5.74) is -0.441. The molecule has 0 heterocycles. The quantitative estimate of drug-likeness (QED) is 0.380. The van der Waals surface area contributed by atoms with Crippen LogP contribution in [-0.2, 0) is 9.53 Å². The van der Waals surface area contributed by atoms with Gasteiger partial charge in [-0.1, -0.05) is 32.1 Å². The van der Waals surface area contributed by atoms with Crippen molar-refractivity contribution >= 4 is 12.2 Å². The van der Waals surface area contributed by atoms with Crippen LogP contribution in [0.5, 0.6) is 0 Å². The van der Waals surface area contributed by atoms with Crippen molar-refractivity contribution in [2.75, 3.05) is 13.7 Å². The van der Waals surface area contributed by atoms with Crippen molar-refractivity contribution < 1.29 is 14.6 Å². The van der Waals surface area contributed by atoms with E-state index < -0.39 is 5.60 Å². The Bertz CT molecular complexity index is 309. The fourth-order valence-corrected chi connectivity index (χ4v) is 2.88. The first-order valence-corrected chi connectivity index (χ1v) is 8.44. The summed E-state index contributed by atoms with van der Waals surface area (Å²) in [5.74, 6) is -0.114. The number of hydrogen-bond donors (Lipinski definition) is 1. The van der Waals surface area contributed by atoms with E-state index >= 15 is 0 Å². The molecule has 0 aromatic heterocycles. The zero-order valence-corrected chi connectivity index (χ0v) is 13.5. The van der Waals surface area contributed by atoms with Gasteiger partial charge >= 0.3 is 5.97 Å². The fraction of sp³-hybridized carbons (Fsp3) is 0.882. The van der Waals surface area contributed by atoms with Crippen LogP contribution in [-0.4, -0.2) is 36.5 Å². The number of methoxy groups -OCH3 is 1. The lowest BCUT2D eigenvalue weighted by Gasteiger charge is -2.31. The third kappa shape index (κ3) is 8.86. The number of rotatable bonds is 10. The second-order valence-corrected chi connectivity index (χ2v) is 6.15. The molecule has 0 saturated heterocycles. The maximum absolute atomic E-state index is 10.9. The van der Waals surface area contributed by atoms with Crippen LogP contribution in [0.4, 0.5) is 0 Å². The van der Waals surface area contributed by atoms with Gasteiger partial charge in [-0.25, -0.2) is 0 Å². The van der Waals surface area contributed by atoms with Gasteiger partial charge in [0.25, 0.3) is 0 Å². The van der Waals surface area contributed by atoms with Crippen LogP contribution < -0.4 is 0 Å². The van der Waals surface area contributed by atoms with Crippen molar-refractivity contribution in [3.63, 3.8) is 0 Å². The molecule has 1 fully saturated rings. The molecule has 0 aromatic carbocycles. The van der Waals surface area contributed by atoms with E-state index in [1.807, 2.05) is 6.21 Å². The first-order valence-electron chi connectivity index (χ1n) is 8.44. The van der Waals surface area contributed by atoms with Crippen LogP contribution in [0.2, 0.25) is 0 Å². The van der Waals surface area contributed by atoms with Gasteiger partial charge in [-0.2, -0.15) is 0 Å². The molecule has 0 radical (unpaired) electrons. The molecule has 0 aromatic rings. The Balaban J connectivity index is 1.92. The molecule has 0 aliphatic heterocycles. The number of esters is 1. The number of unbranched alkanes of at least 4 members (excludes halogenated alkanes) is 4. The molecular formula is C17H31NO3. The number of carbonyl (C=O) groups excluding carboxylic acids is 1. The van der Waals surface area contributed by atoms with Crippen LogP contribution >= 0.6 is 0 Å². The fourth-order valence-electron chi connectivity index (χ4n) is 2.88. The molecule has 122 valence electrons. The minimum atomic E-state index is -0.441. The van der Waals surface area contributed by atoms with E-state index in [2.05, 4.69) is 9.73 Å². The molecule has 21 heavy (non-hydrogen) atoms. The van der Waals surface area contributed by atoms with E-state index in [0.29, 0.717) is 6.42 Å². The van der Waals surface area contributed by atoms with Gasteiger partial charge in [0.2, 0.25) is 0 Å². The minimum Gasteiger partial charge on any atom is -0.469 e. The summed E-state index contributed by atoms with van der Waals surface area (Å²) in [6.07, 6.45) is 14.0. The van der Waals surface area contributed by atoms with Crippen molar-refractivity contribution in [3.8, 4) is 0 Å². The van der Waals surface area contributed by atoms with Crippen molar-refractivity contribution in [1.29, 1.82) is 0 Å². The van der Waals surface area contributed by atoms with Crippen molar-refractivity contribution in [1.82, 2.24) is 0 Å². The third-order valence-corrected chi connectivity index (χ3v) is 4.31. The standard InChI is InChI=1S/C17H31NO3/c1-21-16(19)10-6-3-2-4-9-14-18-15-13-17(20)11-7-5-8-12-17/h14,20H,2-13,15H2,1H3. The van der Waals surface area contributed by atoms with Gasteiger partial charge in [-0.3, -0.25) is 9.79 Å². The summed E-state index contributed by atoms with van der Waals surface area (Å²) in [7, 11) is 1.43. The number of aliphatic imine (C=N–C) groups is 1. The minimum absolute atomic E-state index is 0.114. The Labute approximate surface area is 129 Å². The van der Waals surface area contributed by atoms with E-state index in [0.717, 1.165) is 70.8 Å². The second-order valence-electron chi connectivity index (χ2n) is 6.15. The summed E-state index contributed by atoms with van der Waals surface area (Å²) >= 11 is 0. The largest absolute Gasteiger partial charge is 0.469 e. The highest BCUT2D eigenvalue weighted by atomic mass is 16.5. The van der Waals surface area contributed by atoms with Crippen LogP contribution in [0.1, 0.15) is 77.0 Å².